The van der Waals surface area contributed by atoms with E-state index in [1.807, 2.05) is 30.3 Å². The molecule has 0 bridgehead atoms. The summed E-state index contributed by atoms with van der Waals surface area (Å²) in [6.45, 7) is 1.51. The highest BCUT2D eigenvalue weighted by Crippen LogP contribution is 2.24. The number of hydrogen-bond donors (Lipinski definition) is 1. The van der Waals surface area contributed by atoms with E-state index in [-0.39, 0.29) is 0 Å². The van der Waals surface area contributed by atoms with Crippen LogP contribution in [0.1, 0.15) is 30.5 Å². The lowest BCUT2D eigenvalue weighted by molar-refractivity contribution is -0.140. The molecule has 7 nitrogen and oxygen atoms in total. The second-order valence-corrected chi connectivity index (χ2v) is 4.02. The van der Waals surface area contributed by atoms with Gasteiger partial charge in [0.25, 0.3) is 0 Å². The summed E-state index contributed by atoms with van der Waals surface area (Å²) in [7, 11) is 1.53. The summed E-state index contributed by atoms with van der Waals surface area (Å²) in [5, 5.41) is 20.2. The Morgan fingerprint density at radius 3 is 2.63 bits per heavy atom. The molecule has 19 heavy (non-hydrogen) atoms. The van der Waals surface area contributed by atoms with Crippen LogP contribution in [0, 0.1) is 0 Å². The fraction of sp³-hybridized carbons (Fsp3) is 0.333. The molecule has 2 unspecified atom stereocenters. The molecule has 0 aliphatic rings. The predicted octanol–water partition coefficient (Wildman–Crippen LogP) is 1.05. The molecular weight excluding hydrogens is 248 g/mol. The standard InChI is InChI=1S/C12H14N4O3/c1-8(12(17)18)16-11(13-14-15-16)10(19-2)9-6-4-3-5-7-9/h3-8,10H,1-2H3,(H,17,18). The molecule has 100 valence electrons. The molecule has 2 atom stereocenters. The van der Waals surface area contributed by atoms with Crippen LogP contribution in [0.2, 0.25) is 0 Å². The van der Waals surface area contributed by atoms with Crippen molar-refractivity contribution < 1.29 is 14.6 Å². The Morgan fingerprint density at radius 2 is 2.05 bits per heavy atom. The number of rotatable bonds is 5. The van der Waals surface area contributed by atoms with E-state index in [1.165, 1.54) is 18.7 Å². The van der Waals surface area contributed by atoms with Crippen LogP contribution in [0.3, 0.4) is 0 Å². The van der Waals surface area contributed by atoms with Gasteiger partial charge in [0, 0.05) is 7.11 Å². The lowest BCUT2D eigenvalue weighted by Gasteiger charge is -2.16. The SMILES string of the molecule is COC(c1ccccc1)c1nnnn1C(C)C(=O)O. The van der Waals surface area contributed by atoms with Crippen molar-refractivity contribution in [1.82, 2.24) is 20.2 Å². The first-order chi connectivity index (χ1) is 9.15. The van der Waals surface area contributed by atoms with Gasteiger partial charge in [0.05, 0.1) is 0 Å². The Balaban J connectivity index is 2.40. The van der Waals surface area contributed by atoms with Crippen molar-refractivity contribution in [2.75, 3.05) is 7.11 Å². The topological polar surface area (TPSA) is 90.1 Å². The van der Waals surface area contributed by atoms with Crippen molar-refractivity contribution in [1.29, 1.82) is 0 Å². The molecule has 7 heteroatoms. The number of nitrogens with zero attached hydrogens (tertiary/aromatic N) is 4. The molecule has 0 spiro atoms. The van der Waals surface area contributed by atoms with E-state index in [1.54, 1.807) is 0 Å². The van der Waals surface area contributed by atoms with Gasteiger partial charge in [-0.1, -0.05) is 30.3 Å². The maximum absolute atomic E-state index is 11.0. The number of hydrogen-bond acceptors (Lipinski definition) is 5. The maximum atomic E-state index is 11.0. The van der Waals surface area contributed by atoms with Gasteiger partial charge >= 0.3 is 5.97 Å². The zero-order chi connectivity index (χ0) is 13.8. The third-order valence-corrected chi connectivity index (χ3v) is 2.82. The van der Waals surface area contributed by atoms with Crippen molar-refractivity contribution in [3.8, 4) is 0 Å². The number of tetrazole rings is 1. The number of aliphatic carboxylic acids is 1. The Labute approximate surface area is 109 Å². The van der Waals surface area contributed by atoms with Crippen LogP contribution in [-0.4, -0.2) is 38.4 Å². The molecule has 0 aliphatic heterocycles. The molecule has 2 rings (SSSR count). The largest absolute Gasteiger partial charge is 0.480 e. The summed E-state index contributed by atoms with van der Waals surface area (Å²) >= 11 is 0. The van der Waals surface area contributed by atoms with E-state index in [9.17, 15) is 4.79 Å². The zero-order valence-corrected chi connectivity index (χ0v) is 10.6. The first-order valence-electron chi connectivity index (χ1n) is 5.73. The second-order valence-electron chi connectivity index (χ2n) is 4.02. The molecule has 0 radical (unpaired) electrons. The zero-order valence-electron chi connectivity index (χ0n) is 10.6. The van der Waals surface area contributed by atoms with Gasteiger partial charge in [0.15, 0.2) is 11.9 Å². The van der Waals surface area contributed by atoms with Gasteiger partial charge in [-0.25, -0.2) is 9.48 Å². The molecule has 0 saturated carbocycles. The highest BCUT2D eigenvalue weighted by atomic mass is 16.5. The Morgan fingerprint density at radius 1 is 1.37 bits per heavy atom. The summed E-state index contributed by atoms with van der Waals surface area (Å²) < 4.78 is 6.65. The lowest BCUT2D eigenvalue weighted by Crippen LogP contribution is -2.22. The minimum absolute atomic E-state index is 0.364. The monoisotopic (exact) mass is 262 g/mol. The van der Waals surface area contributed by atoms with Gasteiger partial charge in [-0.3, -0.25) is 0 Å². The number of benzene rings is 1. The molecular formula is C12H14N4O3. The first-order valence-corrected chi connectivity index (χ1v) is 5.73. The van der Waals surface area contributed by atoms with Crippen molar-refractivity contribution in [3.05, 3.63) is 41.7 Å². The summed E-state index contributed by atoms with van der Waals surface area (Å²) in [6, 6.07) is 8.52. The summed E-state index contributed by atoms with van der Waals surface area (Å²) in [5.41, 5.74) is 0.860. The number of carboxylic acid groups (broad SMARTS) is 1. The van der Waals surface area contributed by atoms with E-state index in [2.05, 4.69) is 15.5 Å². The third-order valence-electron chi connectivity index (χ3n) is 2.82. The highest BCUT2D eigenvalue weighted by Gasteiger charge is 2.26. The minimum atomic E-state index is -1.00. The molecule has 1 aromatic heterocycles. The molecule has 1 aromatic carbocycles. The number of methoxy groups -OCH3 is 1. The van der Waals surface area contributed by atoms with Crippen LogP contribution in [0.25, 0.3) is 0 Å². The molecule has 0 fully saturated rings. The van der Waals surface area contributed by atoms with Crippen LogP contribution in [-0.2, 0) is 9.53 Å². The van der Waals surface area contributed by atoms with E-state index in [0.29, 0.717) is 5.82 Å². The smallest absolute Gasteiger partial charge is 0.328 e. The lowest BCUT2D eigenvalue weighted by atomic mass is 10.1. The van der Waals surface area contributed by atoms with Crippen LogP contribution in [0.5, 0.6) is 0 Å². The molecule has 0 amide bonds. The van der Waals surface area contributed by atoms with Gasteiger partial charge in [-0.05, 0) is 22.9 Å². The normalized spacial score (nSPS) is 14.0. The maximum Gasteiger partial charge on any atom is 0.328 e. The average molecular weight is 262 g/mol. The van der Waals surface area contributed by atoms with Crippen LogP contribution in [0.15, 0.2) is 30.3 Å². The van der Waals surface area contributed by atoms with Crippen molar-refractivity contribution in [2.24, 2.45) is 0 Å². The Bertz CT molecular complexity index is 555. The van der Waals surface area contributed by atoms with Gasteiger partial charge in [-0.2, -0.15) is 0 Å². The first kappa shape index (κ1) is 13.2. The van der Waals surface area contributed by atoms with Crippen LogP contribution < -0.4 is 0 Å². The average Bonchev–Trinajstić information content (AvgIpc) is 2.89. The molecule has 0 aliphatic carbocycles. The van der Waals surface area contributed by atoms with Gasteiger partial charge in [-0.15, -0.1) is 5.10 Å². The summed E-state index contributed by atoms with van der Waals surface area (Å²) in [4.78, 5) is 11.0. The highest BCUT2D eigenvalue weighted by molar-refractivity contribution is 5.71. The fourth-order valence-corrected chi connectivity index (χ4v) is 1.77. The summed E-state index contributed by atoms with van der Waals surface area (Å²) in [6.07, 6.45) is -0.502. The molecule has 1 N–H and O–H groups in total. The predicted molar refractivity (Wildman–Crippen MR) is 65.5 cm³/mol. The van der Waals surface area contributed by atoms with E-state index in [4.69, 9.17) is 9.84 Å². The molecule has 2 aromatic rings. The fourth-order valence-electron chi connectivity index (χ4n) is 1.77. The number of carboxylic acids is 1. The second kappa shape index (κ2) is 5.57. The number of ether oxygens (including phenoxy) is 1. The Hall–Kier alpha value is -2.28. The Kier molecular flexibility index (Phi) is 3.86. The van der Waals surface area contributed by atoms with Crippen LogP contribution in [0.4, 0.5) is 0 Å². The number of carbonyl (C=O) groups is 1. The van der Waals surface area contributed by atoms with Crippen LogP contribution >= 0.6 is 0 Å². The van der Waals surface area contributed by atoms with E-state index >= 15 is 0 Å². The quantitative estimate of drug-likeness (QED) is 0.866. The van der Waals surface area contributed by atoms with Crippen molar-refractivity contribution in [2.45, 2.75) is 19.1 Å². The van der Waals surface area contributed by atoms with Crippen molar-refractivity contribution in [3.63, 3.8) is 0 Å². The third kappa shape index (κ3) is 2.60. The van der Waals surface area contributed by atoms with E-state index < -0.39 is 18.1 Å². The minimum Gasteiger partial charge on any atom is -0.480 e. The molecule has 1 heterocycles. The van der Waals surface area contributed by atoms with E-state index in [0.717, 1.165) is 5.56 Å². The number of aromatic nitrogens is 4. The van der Waals surface area contributed by atoms with Crippen molar-refractivity contribution >= 4 is 5.97 Å². The summed E-state index contributed by atoms with van der Waals surface area (Å²) in [5.74, 6) is -0.639. The van der Waals surface area contributed by atoms with Gasteiger partial charge in [0.1, 0.15) is 6.10 Å². The molecule has 0 saturated heterocycles. The van der Waals surface area contributed by atoms with Gasteiger partial charge < -0.3 is 9.84 Å². The van der Waals surface area contributed by atoms with Gasteiger partial charge in [0.2, 0.25) is 0 Å².